The smallest absolute Gasteiger partial charge is 0.220 e. The summed E-state index contributed by atoms with van der Waals surface area (Å²) in [5.74, 6) is 0.165. The number of likely N-dealkylation sites (tertiary alicyclic amines) is 1. The Hall–Kier alpha value is -1.39. The fourth-order valence-corrected chi connectivity index (χ4v) is 3.67. The summed E-state index contributed by atoms with van der Waals surface area (Å²) in [6.07, 6.45) is 6.34. The van der Waals surface area contributed by atoms with Gasteiger partial charge in [-0.1, -0.05) is 36.8 Å². The minimum absolute atomic E-state index is 0.164. The van der Waals surface area contributed by atoms with Crippen molar-refractivity contribution in [1.82, 2.24) is 10.2 Å². The molecule has 0 radical (unpaired) electrons. The van der Waals surface area contributed by atoms with Crippen molar-refractivity contribution < 1.29 is 9.53 Å². The molecule has 2 aliphatic heterocycles. The lowest BCUT2D eigenvalue weighted by atomic mass is 10.0. The van der Waals surface area contributed by atoms with Crippen LogP contribution < -0.4 is 5.32 Å². The molecule has 126 valence electrons. The van der Waals surface area contributed by atoms with E-state index in [0.717, 1.165) is 32.5 Å². The highest BCUT2D eigenvalue weighted by molar-refractivity contribution is 5.76. The number of nitrogens with one attached hydrogen (secondary N) is 1. The van der Waals surface area contributed by atoms with Gasteiger partial charge in [-0.15, -0.1) is 0 Å². The number of rotatable bonds is 6. The topological polar surface area (TPSA) is 41.6 Å². The predicted octanol–water partition coefficient (Wildman–Crippen LogP) is 2.38. The van der Waals surface area contributed by atoms with Gasteiger partial charge in [0.15, 0.2) is 0 Å². The van der Waals surface area contributed by atoms with Crippen molar-refractivity contribution in [3.8, 4) is 0 Å². The number of amides is 1. The van der Waals surface area contributed by atoms with Crippen molar-refractivity contribution in [3.63, 3.8) is 0 Å². The van der Waals surface area contributed by atoms with E-state index in [1.807, 2.05) is 6.07 Å². The molecule has 2 atom stereocenters. The summed E-state index contributed by atoms with van der Waals surface area (Å²) in [6.45, 7) is 3.71. The van der Waals surface area contributed by atoms with E-state index in [0.29, 0.717) is 19.1 Å². The third kappa shape index (κ3) is 4.79. The Kier molecular flexibility index (Phi) is 6.06. The maximum atomic E-state index is 12.2. The minimum atomic E-state index is 0.164. The van der Waals surface area contributed by atoms with Crippen LogP contribution in [0.3, 0.4) is 0 Å². The zero-order valence-electron chi connectivity index (χ0n) is 13.9. The van der Waals surface area contributed by atoms with Gasteiger partial charge in [0, 0.05) is 6.42 Å². The van der Waals surface area contributed by atoms with Gasteiger partial charge < -0.3 is 10.1 Å². The number of hydrogen-bond donors (Lipinski definition) is 1. The van der Waals surface area contributed by atoms with E-state index < -0.39 is 0 Å². The molecule has 1 amide bonds. The van der Waals surface area contributed by atoms with Crippen molar-refractivity contribution in [2.75, 3.05) is 26.3 Å². The zero-order chi connectivity index (χ0) is 15.9. The summed E-state index contributed by atoms with van der Waals surface area (Å²) in [6, 6.07) is 10.9. The van der Waals surface area contributed by atoms with E-state index in [2.05, 4.69) is 34.5 Å². The number of benzene rings is 1. The van der Waals surface area contributed by atoms with Gasteiger partial charge in [-0.2, -0.15) is 0 Å². The fraction of sp³-hybridized carbons (Fsp3) is 0.632. The molecule has 4 heteroatoms. The van der Waals surface area contributed by atoms with Gasteiger partial charge in [0.05, 0.1) is 25.3 Å². The highest BCUT2D eigenvalue weighted by atomic mass is 16.5. The number of ether oxygens (including phenoxy) is 1. The SMILES string of the molecule is O=C(CCCc1ccccc1)N[C@@H]1COC[C@H]1N1CCCCC1. The number of aryl methyl sites for hydroxylation is 1. The van der Waals surface area contributed by atoms with Gasteiger partial charge in [-0.05, 0) is 44.3 Å². The maximum absolute atomic E-state index is 12.2. The Morgan fingerprint density at radius 2 is 1.91 bits per heavy atom. The molecule has 2 aliphatic rings. The largest absolute Gasteiger partial charge is 0.378 e. The first-order chi connectivity index (χ1) is 11.3. The lowest BCUT2D eigenvalue weighted by Crippen LogP contribution is -2.52. The van der Waals surface area contributed by atoms with Crippen molar-refractivity contribution in [2.45, 2.75) is 50.6 Å². The van der Waals surface area contributed by atoms with Crippen LogP contribution in [0.5, 0.6) is 0 Å². The average molecular weight is 316 g/mol. The first-order valence-electron chi connectivity index (χ1n) is 8.98. The van der Waals surface area contributed by atoms with Gasteiger partial charge in [0.1, 0.15) is 0 Å². The van der Waals surface area contributed by atoms with Gasteiger partial charge in [0.2, 0.25) is 5.91 Å². The van der Waals surface area contributed by atoms with Crippen LogP contribution in [0.1, 0.15) is 37.7 Å². The molecule has 0 aliphatic carbocycles. The highest BCUT2D eigenvalue weighted by Crippen LogP contribution is 2.19. The molecule has 3 rings (SSSR count). The maximum Gasteiger partial charge on any atom is 0.220 e. The van der Waals surface area contributed by atoms with Crippen LogP contribution in [0, 0.1) is 0 Å². The third-order valence-corrected chi connectivity index (χ3v) is 4.97. The van der Waals surface area contributed by atoms with Crippen LogP contribution in [0.25, 0.3) is 0 Å². The first kappa shape index (κ1) is 16.5. The van der Waals surface area contributed by atoms with Gasteiger partial charge >= 0.3 is 0 Å². The lowest BCUT2D eigenvalue weighted by molar-refractivity contribution is -0.122. The molecule has 0 bridgehead atoms. The molecule has 0 saturated carbocycles. The molecule has 1 aromatic rings. The molecule has 4 nitrogen and oxygen atoms in total. The minimum Gasteiger partial charge on any atom is -0.378 e. The molecule has 0 aromatic heterocycles. The number of hydrogen-bond acceptors (Lipinski definition) is 3. The Morgan fingerprint density at radius 3 is 2.70 bits per heavy atom. The van der Waals surface area contributed by atoms with Crippen LogP contribution in [0.4, 0.5) is 0 Å². The Labute approximate surface area is 139 Å². The van der Waals surface area contributed by atoms with Crippen LogP contribution in [-0.2, 0) is 16.0 Å². The molecule has 2 heterocycles. The monoisotopic (exact) mass is 316 g/mol. The Balaban J connectivity index is 1.41. The molecule has 2 saturated heterocycles. The van der Waals surface area contributed by atoms with Crippen LogP contribution in [0.15, 0.2) is 30.3 Å². The van der Waals surface area contributed by atoms with E-state index in [1.54, 1.807) is 0 Å². The second kappa shape index (κ2) is 8.46. The Morgan fingerprint density at radius 1 is 1.13 bits per heavy atom. The lowest BCUT2D eigenvalue weighted by Gasteiger charge is -2.34. The van der Waals surface area contributed by atoms with Crippen LogP contribution in [0.2, 0.25) is 0 Å². The van der Waals surface area contributed by atoms with Crippen molar-refractivity contribution in [1.29, 1.82) is 0 Å². The van der Waals surface area contributed by atoms with Gasteiger partial charge in [-0.3, -0.25) is 9.69 Å². The molecular weight excluding hydrogens is 288 g/mol. The van der Waals surface area contributed by atoms with Gasteiger partial charge in [-0.25, -0.2) is 0 Å². The number of nitrogens with zero attached hydrogens (tertiary/aromatic N) is 1. The predicted molar refractivity (Wildman–Crippen MR) is 91.3 cm³/mol. The molecule has 1 aromatic carbocycles. The fourth-order valence-electron chi connectivity index (χ4n) is 3.67. The average Bonchev–Trinajstić information content (AvgIpc) is 3.05. The van der Waals surface area contributed by atoms with Crippen LogP contribution >= 0.6 is 0 Å². The molecule has 2 fully saturated rings. The summed E-state index contributed by atoms with van der Waals surface area (Å²) < 4.78 is 5.64. The molecule has 0 spiro atoms. The summed E-state index contributed by atoms with van der Waals surface area (Å²) in [7, 11) is 0. The summed E-state index contributed by atoms with van der Waals surface area (Å²) >= 11 is 0. The third-order valence-electron chi connectivity index (χ3n) is 4.97. The summed E-state index contributed by atoms with van der Waals surface area (Å²) in [5.41, 5.74) is 1.30. The molecule has 0 unspecified atom stereocenters. The van der Waals surface area contributed by atoms with Crippen molar-refractivity contribution in [2.24, 2.45) is 0 Å². The molecular formula is C19H28N2O2. The number of piperidine rings is 1. The highest BCUT2D eigenvalue weighted by Gasteiger charge is 2.34. The normalized spacial score (nSPS) is 25.4. The van der Waals surface area contributed by atoms with Crippen molar-refractivity contribution in [3.05, 3.63) is 35.9 Å². The Bertz CT molecular complexity index is 485. The van der Waals surface area contributed by atoms with Gasteiger partial charge in [0.25, 0.3) is 0 Å². The van der Waals surface area contributed by atoms with E-state index in [4.69, 9.17) is 4.74 Å². The molecule has 1 N–H and O–H groups in total. The standard InChI is InChI=1S/C19H28N2O2/c22-19(11-7-10-16-8-3-1-4-9-16)20-17-14-23-15-18(17)21-12-5-2-6-13-21/h1,3-4,8-9,17-18H,2,5-7,10-15H2,(H,20,22)/t17-,18-/m1/s1. The second-order valence-electron chi connectivity index (χ2n) is 6.71. The van der Waals surface area contributed by atoms with Crippen molar-refractivity contribution >= 4 is 5.91 Å². The molecule has 23 heavy (non-hydrogen) atoms. The second-order valence-corrected chi connectivity index (χ2v) is 6.71. The summed E-state index contributed by atoms with van der Waals surface area (Å²) in [4.78, 5) is 14.7. The van der Waals surface area contributed by atoms with E-state index in [-0.39, 0.29) is 11.9 Å². The number of carbonyl (C=O) groups is 1. The zero-order valence-corrected chi connectivity index (χ0v) is 13.9. The summed E-state index contributed by atoms with van der Waals surface area (Å²) in [5, 5.41) is 3.21. The quantitative estimate of drug-likeness (QED) is 0.876. The van der Waals surface area contributed by atoms with E-state index in [1.165, 1.54) is 24.8 Å². The van der Waals surface area contributed by atoms with E-state index in [9.17, 15) is 4.79 Å². The number of carbonyl (C=O) groups excluding carboxylic acids is 1. The van der Waals surface area contributed by atoms with Crippen LogP contribution in [-0.4, -0.2) is 49.2 Å². The van der Waals surface area contributed by atoms with E-state index >= 15 is 0 Å². The first-order valence-corrected chi connectivity index (χ1v) is 8.98.